The summed E-state index contributed by atoms with van der Waals surface area (Å²) in [5.41, 5.74) is 0.915. The van der Waals surface area contributed by atoms with Gasteiger partial charge in [0.15, 0.2) is 0 Å². The van der Waals surface area contributed by atoms with Crippen molar-refractivity contribution < 1.29 is 9.66 Å². The van der Waals surface area contributed by atoms with Crippen molar-refractivity contribution in [1.82, 2.24) is 4.90 Å². The van der Waals surface area contributed by atoms with Gasteiger partial charge in [0.1, 0.15) is 5.75 Å². The third-order valence-corrected chi connectivity index (χ3v) is 3.57. The van der Waals surface area contributed by atoms with Crippen LogP contribution in [0.15, 0.2) is 18.2 Å². The lowest BCUT2D eigenvalue weighted by Crippen LogP contribution is -2.32. The van der Waals surface area contributed by atoms with Gasteiger partial charge in [-0.05, 0) is 37.6 Å². The Morgan fingerprint density at radius 3 is 2.70 bits per heavy atom. The third-order valence-electron chi connectivity index (χ3n) is 3.57. The van der Waals surface area contributed by atoms with Gasteiger partial charge in [0.05, 0.1) is 24.2 Å². The van der Waals surface area contributed by atoms with Gasteiger partial charge >= 0.3 is 0 Å². The highest BCUT2D eigenvalue weighted by atomic mass is 16.6. The Balaban J connectivity index is 2.07. The van der Waals surface area contributed by atoms with Crippen LogP contribution in [-0.2, 0) is 6.54 Å². The van der Waals surface area contributed by atoms with Crippen LogP contribution in [0.5, 0.6) is 5.75 Å². The standard InChI is InChI=1S/C14H17N3O3/c1-20-14-7-12(6-13(8-14)17(18)19)10-16-4-2-11(9-15)3-5-16/h6-8,11H,2-5,10H2,1H3. The molecule has 0 amide bonds. The Hall–Kier alpha value is -2.13. The molecule has 106 valence electrons. The summed E-state index contributed by atoms with van der Waals surface area (Å²) < 4.78 is 5.10. The van der Waals surface area contributed by atoms with Crippen LogP contribution < -0.4 is 4.74 Å². The second kappa shape index (κ2) is 6.35. The van der Waals surface area contributed by atoms with Crippen LogP contribution in [-0.4, -0.2) is 30.0 Å². The molecule has 0 N–H and O–H groups in total. The predicted octanol–water partition coefficient (Wildman–Crippen LogP) is 2.34. The summed E-state index contributed by atoms with van der Waals surface area (Å²) in [6.07, 6.45) is 1.73. The van der Waals surface area contributed by atoms with E-state index in [1.165, 1.54) is 13.2 Å². The Morgan fingerprint density at radius 1 is 1.45 bits per heavy atom. The van der Waals surface area contributed by atoms with Crippen molar-refractivity contribution >= 4 is 5.69 Å². The minimum atomic E-state index is -0.409. The van der Waals surface area contributed by atoms with E-state index in [0.29, 0.717) is 12.3 Å². The van der Waals surface area contributed by atoms with Gasteiger partial charge in [-0.25, -0.2) is 0 Å². The highest BCUT2D eigenvalue weighted by molar-refractivity contribution is 5.42. The zero-order valence-electron chi connectivity index (χ0n) is 11.4. The monoisotopic (exact) mass is 275 g/mol. The number of rotatable bonds is 4. The van der Waals surface area contributed by atoms with Gasteiger partial charge in [-0.15, -0.1) is 0 Å². The van der Waals surface area contributed by atoms with Crippen LogP contribution >= 0.6 is 0 Å². The molecule has 0 spiro atoms. The lowest BCUT2D eigenvalue weighted by molar-refractivity contribution is -0.385. The molecule has 0 saturated carbocycles. The average Bonchev–Trinajstić information content (AvgIpc) is 2.47. The van der Waals surface area contributed by atoms with Crippen LogP contribution in [0.4, 0.5) is 5.69 Å². The number of non-ortho nitro benzene ring substituents is 1. The van der Waals surface area contributed by atoms with Gasteiger partial charge in [-0.2, -0.15) is 5.26 Å². The van der Waals surface area contributed by atoms with Crippen LogP contribution in [0.2, 0.25) is 0 Å². The fourth-order valence-electron chi connectivity index (χ4n) is 2.44. The first kappa shape index (κ1) is 14.3. The normalized spacial score (nSPS) is 16.6. The Bertz CT molecular complexity index is 531. The second-order valence-electron chi connectivity index (χ2n) is 4.98. The number of nitro groups is 1. The van der Waals surface area contributed by atoms with E-state index in [4.69, 9.17) is 10.00 Å². The summed E-state index contributed by atoms with van der Waals surface area (Å²) in [6, 6.07) is 7.12. The molecule has 1 heterocycles. The molecular formula is C14H17N3O3. The van der Waals surface area contributed by atoms with Crippen molar-refractivity contribution in [3.63, 3.8) is 0 Å². The zero-order chi connectivity index (χ0) is 14.5. The number of nitro benzene ring substituents is 1. The van der Waals surface area contributed by atoms with Crippen LogP contribution in [0, 0.1) is 27.4 Å². The minimum absolute atomic E-state index is 0.0475. The molecule has 1 aromatic carbocycles. The van der Waals surface area contributed by atoms with Crippen molar-refractivity contribution in [1.29, 1.82) is 5.26 Å². The highest BCUT2D eigenvalue weighted by Crippen LogP contribution is 2.25. The topological polar surface area (TPSA) is 79.4 Å². The van der Waals surface area contributed by atoms with E-state index in [1.807, 2.05) is 6.07 Å². The van der Waals surface area contributed by atoms with Crippen molar-refractivity contribution in [3.05, 3.63) is 33.9 Å². The Kier molecular flexibility index (Phi) is 4.53. The van der Waals surface area contributed by atoms with Gasteiger partial charge in [-0.3, -0.25) is 15.0 Å². The molecule has 0 bridgehead atoms. The minimum Gasteiger partial charge on any atom is -0.496 e. The van der Waals surface area contributed by atoms with E-state index < -0.39 is 4.92 Å². The van der Waals surface area contributed by atoms with E-state index in [-0.39, 0.29) is 11.6 Å². The summed E-state index contributed by atoms with van der Waals surface area (Å²) in [5, 5.41) is 19.8. The largest absolute Gasteiger partial charge is 0.496 e. The number of piperidine rings is 1. The van der Waals surface area contributed by atoms with Crippen LogP contribution in [0.1, 0.15) is 18.4 Å². The molecule has 20 heavy (non-hydrogen) atoms. The fraction of sp³-hybridized carbons (Fsp3) is 0.500. The highest BCUT2D eigenvalue weighted by Gasteiger charge is 2.19. The molecule has 1 aliphatic rings. The summed E-state index contributed by atoms with van der Waals surface area (Å²) in [6.45, 7) is 2.35. The maximum Gasteiger partial charge on any atom is 0.273 e. The molecule has 0 aliphatic carbocycles. The molecule has 1 fully saturated rings. The molecule has 1 aliphatic heterocycles. The first-order valence-electron chi connectivity index (χ1n) is 6.56. The van der Waals surface area contributed by atoms with E-state index in [0.717, 1.165) is 31.5 Å². The van der Waals surface area contributed by atoms with Gasteiger partial charge in [0, 0.05) is 18.5 Å². The van der Waals surface area contributed by atoms with Crippen molar-refractivity contribution in [2.45, 2.75) is 19.4 Å². The van der Waals surface area contributed by atoms with Gasteiger partial charge in [0.25, 0.3) is 5.69 Å². The molecule has 6 heteroatoms. The number of benzene rings is 1. The van der Waals surface area contributed by atoms with Gasteiger partial charge in [0.2, 0.25) is 0 Å². The number of likely N-dealkylation sites (tertiary alicyclic amines) is 1. The van der Waals surface area contributed by atoms with Crippen molar-refractivity contribution in [2.75, 3.05) is 20.2 Å². The number of nitrogens with zero attached hydrogens (tertiary/aromatic N) is 3. The molecule has 0 unspecified atom stereocenters. The van der Waals surface area contributed by atoms with Crippen LogP contribution in [0.25, 0.3) is 0 Å². The van der Waals surface area contributed by atoms with E-state index in [9.17, 15) is 10.1 Å². The maximum absolute atomic E-state index is 10.9. The number of hydrogen-bond donors (Lipinski definition) is 0. The number of ether oxygens (including phenoxy) is 1. The van der Waals surface area contributed by atoms with Gasteiger partial charge < -0.3 is 4.74 Å². The SMILES string of the molecule is COc1cc(CN2CCC(C#N)CC2)cc([N+](=O)[O-])c1. The fourth-order valence-corrected chi connectivity index (χ4v) is 2.44. The predicted molar refractivity (Wildman–Crippen MR) is 73.3 cm³/mol. The molecule has 1 saturated heterocycles. The molecular weight excluding hydrogens is 258 g/mol. The molecule has 0 atom stereocenters. The molecule has 0 radical (unpaired) electrons. The first-order valence-corrected chi connectivity index (χ1v) is 6.56. The molecule has 6 nitrogen and oxygen atoms in total. The maximum atomic E-state index is 10.9. The van der Waals surface area contributed by atoms with E-state index in [1.54, 1.807) is 6.07 Å². The Labute approximate surface area is 117 Å². The van der Waals surface area contributed by atoms with Crippen molar-refractivity contribution in [2.24, 2.45) is 5.92 Å². The molecule has 2 rings (SSSR count). The summed E-state index contributed by atoms with van der Waals surface area (Å²) in [4.78, 5) is 12.7. The lowest BCUT2D eigenvalue weighted by Gasteiger charge is -2.28. The summed E-state index contributed by atoms with van der Waals surface area (Å²) in [5.74, 6) is 0.645. The number of nitriles is 1. The van der Waals surface area contributed by atoms with Crippen LogP contribution in [0.3, 0.4) is 0 Å². The Morgan fingerprint density at radius 2 is 2.15 bits per heavy atom. The smallest absolute Gasteiger partial charge is 0.273 e. The van der Waals surface area contributed by atoms with E-state index >= 15 is 0 Å². The van der Waals surface area contributed by atoms with E-state index in [2.05, 4.69) is 11.0 Å². The second-order valence-corrected chi connectivity index (χ2v) is 4.98. The zero-order valence-corrected chi connectivity index (χ0v) is 11.4. The number of hydrogen-bond acceptors (Lipinski definition) is 5. The lowest BCUT2D eigenvalue weighted by atomic mass is 9.98. The first-order chi connectivity index (χ1) is 9.62. The molecule has 0 aromatic heterocycles. The average molecular weight is 275 g/mol. The summed E-state index contributed by atoms with van der Waals surface area (Å²) >= 11 is 0. The third kappa shape index (κ3) is 3.45. The number of methoxy groups -OCH3 is 1. The van der Waals surface area contributed by atoms with Gasteiger partial charge in [-0.1, -0.05) is 0 Å². The van der Waals surface area contributed by atoms with Crippen molar-refractivity contribution in [3.8, 4) is 11.8 Å². The summed E-state index contributed by atoms with van der Waals surface area (Å²) in [7, 11) is 1.50. The molecule has 1 aromatic rings. The quantitative estimate of drug-likeness (QED) is 0.622.